The van der Waals surface area contributed by atoms with Crippen molar-refractivity contribution in [3.05, 3.63) is 68.5 Å². The van der Waals surface area contributed by atoms with E-state index in [-0.39, 0.29) is 24.4 Å². The third-order valence-electron chi connectivity index (χ3n) is 2.81. The van der Waals surface area contributed by atoms with E-state index in [1.165, 1.54) is 6.21 Å². The number of nitrogens with one attached hydrogen (secondary N) is 3. The number of aryl methyl sites for hydroxylation is 1. The summed E-state index contributed by atoms with van der Waals surface area (Å²) in [4.78, 5) is 35.8. The lowest BCUT2D eigenvalue weighted by Crippen LogP contribution is -2.28. The fraction of sp³-hybridized carbons (Fsp3) is 0.133. The van der Waals surface area contributed by atoms with Crippen LogP contribution in [0.25, 0.3) is 6.08 Å². The van der Waals surface area contributed by atoms with Crippen LogP contribution in [0.3, 0.4) is 0 Å². The first-order valence-electron chi connectivity index (χ1n) is 6.86. The number of hydrazone groups is 1. The number of allylic oxidation sites excluding steroid dienone is 1. The van der Waals surface area contributed by atoms with E-state index in [4.69, 9.17) is 0 Å². The van der Waals surface area contributed by atoms with Crippen LogP contribution >= 0.6 is 0 Å². The van der Waals surface area contributed by atoms with E-state index in [2.05, 4.69) is 20.7 Å². The van der Waals surface area contributed by atoms with Gasteiger partial charge >= 0.3 is 5.69 Å². The van der Waals surface area contributed by atoms with Gasteiger partial charge in [-0.25, -0.2) is 15.3 Å². The average Bonchev–Trinajstić information content (AvgIpc) is 2.54. The zero-order valence-electron chi connectivity index (χ0n) is 12.2. The summed E-state index contributed by atoms with van der Waals surface area (Å²) in [6, 6.07) is 9.65. The Morgan fingerprint density at radius 1 is 1.26 bits per heavy atom. The third-order valence-corrected chi connectivity index (χ3v) is 2.81. The maximum absolute atomic E-state index is 11.6. The number of hydrogen-bond acceptors (Lipinski definition) is 5. The SMILES string of the molecule is O=C(CCc1n[nH]c(=O)[nH]c1=O)NN=CC=Cc1ccccc1. The molecule has 0 radical (unpaired) electrons. The summed E-state index contributed by atoms with van der Waals surface area (Å²) in [5.41, 5.74) is 2.17. The monoisotopic (exact) mass is 313 g/mol. The summed E-state index contributed by atoms with van der Waals surface area (Å²) < 4.78 is 0. The van der Waals surface area contributed by atoms with E-state index < -0.39 is 11.2 Å². The van der Waals surface area contributed by atoms with Crippen LogP contribution in [0.1, 0.15) is 17.7 Å². The average molecular weight is 313 g/mol. The fourth-order valence-electron chi connectivity index (χ4n) is 1.70. The molecule has 0 unspecified atom stereocenters. The molecule has 2 rings (SSSR count). The Morgan fingerprint density at radius 3 is 2.78 bits per heavy atom. The maximum Gasteiger partial charge on any atom is 0.342 e. The Labute approximate surface area is 131 Å². The van der Waals surface area contributed by atoms with E-state index in [9.17, 15) is 14.4 Å². The molecule has 23 heavy (non-hydrogen) atoms. The quantitative estimate of drug-likeness (QED) is 0.521. The highest BCUT2D eigenvalue weighted by atomic mass is 16.2. The summed E-state index contributed by atoms with van der Waals surface area (Å²) in [5.74, 6) is -0.359. The summed E-state index contributed by atoms with van der Waals surface area (Å²) in [7, 11) is 0. The molecule has 2 aromatic rings. The Bertz CT molecular complexity index is 821. The van der Waals surface area contributed by atoms with Crippen LogP contribution in [0.2, 0.25) is 0 Å². The molecule has 0 aliphatic heterocycles. The normalized spacial score (nSPS) is 11.1. The summed E-state index contributed by atoms with van der Waals surface area (Å²) in [6.45, 7) is 0. The highest BCUT2D eigenvalue weighted by Crippen LogP contribution is 1.99. The molecule has 0 atom stereocenters. The largest absolute Gasteiger partial charge is 0.342 e. The molecule has 0 aliphatic carbocycles. The lowest BCUT2D eigenvalue weighted by atomic mass is 10.2. The van der Waals surface area contributed by atoms with E-state index in [1.807, 2.05) is 41.4 Å². The van der Waals surface area contributed by atoms with Gasteiger partial charge in [0.05, 0.1) is 0 Å². The molecular formula is C15H15N5O3. The second kappa shape index (κ2) is 8.23. The minimum atomic E-state index is -0.682. The lowest BCUT2D eigenvalue weighted by Gasteiger charge is -1.98. The van der Waals surface area contributed by atoms with Crippen molar-refractivity contribution in [2.24, 2.45) is 5.10 Å². The van der Waals surface area contributed by atoms with Gasteiger partial charge in [-0.1, -0.05) is 36.4 Å². The van der Waals surface area contributed by atoms with Crippen molar-refractivity contribution in [1.29, 1.82) is 0 Å². The number of rotatable bonds is 6. The summed E-state index contributed by atoms with van der Waals surface area (Å²) in [6.07, 6.45) is 5.13. The molecule has 1 aromatic carbocycles. The number of carbonyl (C=O) groups excluding carboxylic acids is 1. The predicted molar refractivity (Wildman–Crippen MR) is 85.9 cm³/mol. The van der Waals surface area contributed by atoms with Crippen LogP contribution in [-0.2, 0) is 11.2 Å². The number of carbonyl (C=O) groups is 1. The van der Waals surface area contributed by atoms with E-state index in [1.54, 1.807) is 6.08 Å². The molecule has 3 N–H and O–H groups in total. The van der Waals surface area contributed by atoms with Crippen LogP contribution in [0, 0.1) is 0 Å². The van der Waals surface area contributed by atoms with Crippen molar-refractivity contribution in [1.82, 2.24) is 20.6 Å². The zero-order chi connectivity index (χ0) is 16.5. The molecule has 1 heterocycles. The van der Waals surface area contributed by atoms with E-state index in [0.717, 1.165) is 5.56 Å². The van der Waals surface area contributed by atoms with Gasteiger partial charge in [0.1, 0.15) is 5.69 Å². The van der Waals surface area contributed by atoms with Crippen LogP contribution in [0.4, 0.5) is 0 Å². The molecule has 1 amide bonds. The van der Waals surface area contributed by atoms with Crippen molar-refractivity contribution in [2.45, 2.75) is 12.8 Å². The molecular weight excluding hydrogens is 298 g/mol. The number of aromatic nitrogens is 3. The fourth-order valence-corrected chi connectivity index (χ4v) is 1.70. The second-order valence-electron chi connectivity index (χ2n) is 4.54. The molecule has 1 aromatic heterocycles. The van der Waals surface area contributed by atoms with Gasteiger partial charge in [-0.3, -0.25) is 14.6 Å². The third kappa shape index (κ3) is 5.54. The van der Waals surface area contributed by atoms with Crippen LogP contribution in [-0.4, -0.2) is 27.3 Å². The van der Waals surface area contributed by atoms with Gasteiger partial charge in [-0.05, 0) is 11.6 Å². The minimum absolute atomic E-state index is 0.0296. The standard InChI is InChI=1S/C15H15N5O3/c21-13(9-8-12-14(22)17-15(23)20-18-12)19-16-10-4-7-11-5-2-1-3-6-11/h1-7,10H,8-9H2,(H,19,21)(H2,17,20,22,23). The van der Waals surface area contributed by atoms with Gasteiger partial charge in [0.15, 0.2) is 0 Å². The zero-order valence-corrected chi connectivity index (χ0v) is 12.2. The van der Waals surface area contributed by atoms with Gasteiger partial charge in [0.25, 0.3) is 5.56 Å². The number of H-pyrrole nitrogens is 2. The Morgan fingerprint density at radius 2 is 2.04 bits per heavy atom. The molecule has 0 bridgehead atoms. The van der Waals surface area contributed by atoms with E-state index in [0.29, 0.717) is 0 Å². The first kappa shape index (κ1) is 16.1. The van der Waals surface area contributed by atoms with Gasteiger partial charge < -0.3 is 0 Å². The van der Waals surface area contributed by atoms with Crippen molar-refractivity contribution >= 4 is 18.2 Å². The number of amides is 1. The van der Waals surface area contributed by atoms with Gasteiger partial charge in [-0.2, -0.15) is 10.2 Å². The number of hydrogen-bond donors (Lipinski definition) is 3. The summed E-state index contributed by atoms with van der Waals surface area (Å²) >= 11 is 0. The van der Waals surface area contributed by atoms with Crippen molar-refractivity contribution < 1.29 is 4.79 Å². The van der Waals surface area contributed by atoms with Gasteiger partial charge in [-0.15, -0.1) is 0 Å². The molecule has 118 valence electrons. The van der Waals surface area contributed by atoms with Crippen molar-refractivity contribution in [3.63, 3.8) is 0 Å². The number of aromatic amines is 2. The maximum atomic E-state index is 11.6. The Hall–Kier alpha value is -3.29. The van der Waals surface area contributed by atoms with Crippen LogP contribution in [0.5, 0.6) is 0 Å². The summed E-state index contributed by atoms with van der Waals surface area (Å²) in [5, 5.41) is 9.45. The van der Waals surface area contributed by atoms with Gasteiger partial charge in [0.2, 0.25) is 5.91 Å². The van der Waals surface area contributed by atoms with Crippen molar-refractivity contribution in [3.8, 4) is 0 Å². The molecule has 0 fully saturated rings. The topological polar surface area (TPSA) is 120 Å². The highest BCUT2D eigenvalue weighted by molar-refractivity contribution is 5.81. The minimum Gasteiger partial charge on any atom is -0.273 e. The molecule has 0 aliphatic rings. The van der Waals surface area contributed by atoms with Crippen LogP contribution in [0.15, 0.2) is 51.1 Å². The number of benzene rings is 1. The molecule has 8 nitrogen and oxygen atoms in total. The van der Waals surface area contributed by atoms with Gasteiger partial charge in [0, 0.05) is 19.1 Å². The Kier molecular flexibility index (Phi) is 5.75. The molecule has 8 heteroatoms. The molecule has 0 saturated heterocycles. The molecule has 0 spiro atoms. The van der Waals surface area contributed by atoms with Crippen LogP contribution < -0.4 is 16.7 Å². The molecule has 0 saturated carbocycles. The van der Waals surface area contributed by atoms with Crippen molar-refractivity contribution in [2.75, 3.05) is 0 Å². The lowest BCUT2D eigenvalue weighted by molar-refractivity contribution is -0.121. The van der Waals surface area contributed by atoms with E-state index >= 15 is 0 Å². The Balaban J connectivity index is 1.77. The number of nitrogens with zero attached hydrogens (tertiary/aromatic N) is 2. The first-order chi connectivity index (χ1) is 11.1. The first-order valence-corrected chi connectivity index (χ1v) is 6.86. The predicted octanol–water partition coefficient (Wildman–Crippen LogP) is 0.206. The second-order valence-corrected chi connectivity index (χ2v) is 4.54. The smallest absolute Gasteiger partial charge is 0.273 e. The highest BCUT2D eigenvalue weighted by Gasteiger charge is 2.06.